The molecule has 2 unspecified atom stereocenters. The first-order valence-corrected chi connectivity index (χ1v) is 6.16. The molecule has 1 aliphatic heterocycles. The summed E-state index contributed by atoms with van der Waals surface area (Å²) in [6, 6.07) is 8.74. The van der Waals surface area contributed by atoms with Crippen LogP contribution in [0.1, 0.15) is 33.1 Å². The molecule has 16 heavy (non-hydrogen) atoms. The van der Waals surface area contributed by atoms with Gasteiger partial charge < -0.3 is 10.1 Å². The number of para-hydroxylation sites is 2. The van der Waals surface area contributed by atoms with E-state index in [4.69, 9.17) is 4.74 Å². The van der Waals surface area contributed by atoms with E-state index in [2.05, 4.69) is 37.4 Å². The molecule has 1 aromatic carbocycles. The molecule has 2 aliphatic rings. The van der Waals surface area contributed by atoms with Crippen LogP contribution in [0.5, 0.6) is 5.75 Å². The fraction of sp³-hybridized carbons (Fsp3) is 0.571. The van der Waals surface area contributed by atoms with E-state index in [1.165, 1.54) is 19.3 Å². The highest BCUT2D eigenvalue weighted by Gasteiger charge is 2.38. The van der Waals surface area contributed by atoms with Crippen molar-refractivity contribution in [3.05, 3.63) is 24.3 Å². The Labute approximate surface area is 97.0 Å². The summed E-state index contributed by atoms with van der Waals surface area (Å²) in [5, 5.41) is 3.63. The van der Waals surface area contributed by atoms with Crippen molar-refractivity contribution in [1.29, 1.82) is 0 Å². The predicted molar refractivity (Wildman–Crippen MR) is 65.9 cm³/mol. The van der Waals surface area contributed by atoms with Crippen LogP contribution in [0.3, 0.4) is 0 Å². The molecule has 0 aromatic heterocycles. The molecule has 2 atom stereocenters. The summed E-state index contributed by atoms with van der Waals surface area (Å²) in [6.45, 7) is 4.71. The third-order valence-electron chi connectivity index (χ3n) is 3.83. The van der Waals surface area contributed by atoms with Gasteiger partial charge in [0.15, 0.2) is 0 Å². The maximum Gasteiger partial charge on any atom is 0.142 e. The first kappa shape index (κ1) is 10.0. The first-order chi connectivity index (χ1) is 7.64. The molecule has 1 heterocycles. The molecule has 0 spiro atoms. The van der Waals surface area contributed by atoms with Crippen LogP contribution in [0.4, 0.5) is 5.69 Å². The van der Waals surface area contributed by atoms with Gasteiger partial charge in [0.1, 0.15) is 11.9 Å². The first-order valence-electron chi connectivity index (χ1n) is 6.16. The lowest BCUT2D eigenvalue weighted by Gasteiger charge is -2.44. The van der Waals surface area contributed by atoms with Gasteiger partial charge >= 0.3 is 0 Å². The Kier molecular flexibility index (Phi) is 2.13. The number of nitrogens with one attached hydrogen (secondary N) is 1. The third kappa shape index (κ3) is 1.66. The molecule has 1 N–H and O–H groups in total. The van der Waals surface area contributed by atoms with Gasteiger partial charge in [-0.25, -0.2) is 0 Å². The van der Waals surface area contributed by atoms with E-state index >= 15 is 0 Å². The Balaban J connectivity index is 1.86. The molecule has 1 aliphatic carbocycles. The highest BCUT2D eigenvalue weighted by atomic mass is 16.5. The van der Waals surface area contributed by atoms with Crippen molar-refractivity contribution in [3.8, 4) is 5.75 Å². The number of benzene rings is 1. The van der Waals surface area contributed by atoms with Crippen molar-refractivity contribution in [2.75, 3.05) is 5.32 Å². The van der Waals surface area contributed by atoms with Crippen molar-refractivity contribution < 1.29 is 4.74 Å². The Hall–Kier alpha value is -1.18. The Morgan fingerprint density at radius 2 is 2.12 bits per heavy atom. The summed E-state index contributed by atoms with van der Waals surface area (Å²) in [5.41, 5.74) is 1.60. The zero-order valence-corrected chi connectivity index (χ0v) is 9.99. The summed E-state index contributed by atoms with van der Waals surface area (Å²) < 4.78 is 6.07. The molecule has 0 amide bonds. The summed E-state index contributed by atoms with van der Waals surface area (Å²) in [5.74, 6) is 1.02. The van der Waals surface area contributed by atoms with Crippen LogP contribution in [-0.4, -0.2) is 12.1 Å². The second-order valence-electron chi connectivity index (χ2n) is 5.81. The minimum atomic E-state index is 0.364. The number of anilines is 1. The quantitative estimate of drug-likeness (QED) is 0.718. The highest BCUT2D eigenvalue weighted by molar-refractivity contribution is 5.58. The van der Waals surface area contributed by atoms with Crippen molar-refractivity contribution in [3.63, 3.8) is 0 Å². The molecule has 0 radical (unpaired) electrons. The van der Waals surface area contributed by atoms with Crippen LogP contribution < -0.4 is 10.1 Å². The molecule has 1 fully saturated rings. The van der Waals surface area contributed by atoms with Crippen LogP contribution in [0.2, 0.25) is 0 Å². The normalized spacial score (nSPS) is 30.6. The second-order valence-corrected chi connectivity index (χ2v) is 5.81. The van der Waals surface area contributed by atoms with Gasteiger partial charge in [0, 0.05) is 0 Å². The molecule has 1 aromatic rings. The average molecular weight is 217 g/mol. The topological polar surface area (TPSA) is 21.3 Å². The van der Waals surface area contributed by atoms with Gasteiger partial charge in [0.25, 0.3) is 0 Å². The molecule has 86 valence electrons. The zero-order chi connectivity index (χ0) is 11.2. The van der Waals surface area contributed by atoms with Crippen molar-refractivity contribution >= 4 is 5.69 Å². The second kappa shape index (κ2) is 3.41. The maximum absolute atomic E-state index is 6.07. The van der Waals surface area contributed by atoms with E-state index in [9.17, 15) is 0 Å². The summed E-state index contributed by atoms with van der Waals surface area (Å²) >= 11 is 0. The van der Waals surface area contributed by atoms with Crippen molar-refractivity contribution in [1.82, 2.24) is 0 Å². The molecule has 1 saturated carbocycles. The summed E-state index contributed by atoms with van der Waals surface area (Å²) in [7, 11) is 0. The van der Waals surface area contributed by atoms with E-state index in [0.29, 0.717) is 17.6 Å². The molecule has 2 heteroatoms. The molecule has 0 bridgehead atoms. The molecule has 3 rings (SSSR count). The van der Waals surface area contributed by atoms with Gasteiger partial charge in [-0.3, -0.25) is 0 Å². The molecule has 2 nitrogen and oxygen atoms in total. The van der Waals surface area contributed by atoms with E-state index < -0.39 is 0 Å². The van der Waals surface area contributed by atoms with E-state index in [1.54, 1.807) is 0 Å². The summed E-state index contributed by atoms with van der Waals surface area (Å²) in [4.78, 5) is 0. The predicted octanol–water partition coefficient (Wildman–Crippen LogP) is 3.44. The minimum absolute atomic E-state index is 0.364. The van der Waals surface area contributed by atoms with Crippen molar-refractivity contribution in [2.45, 2.75) is 45.3 Å². The number of hydrogen-bond donors (Lipinski definition) is 1. The zero-order valence-electron chi connectivity index (χ0n) is 9.99. The van der Waals surface area contributed by atoms with Crippen LogP contribution in [0.25, 0.3) is 0 Å². The van der Waals surface area contributed by atoms with E-state index in [-0.39, 0.29) is 0 Å². The maximum atomic E-state index is 6.07. The fourth-order valence-corrected chi connectivity index (χ4v) is 2.90. The average Bonchev–Trinajstić information content (AvgIpc) is 2.25. The summed E-state index contributed by atoms with van der Waals surface area (Å²) in [6.07, 6.45) is 3.99. The van der Waals surface area contributed by atoms with Crippen LogP contribution >= 0.6 is 0 Å². The van der Waals surface area contributed by atoms with Gasteiger partial charge in [0.2, 0.25) is 0 Å². The van der Waals surface area contributed by atoms with Gasteiger partial charge in [-0.05, 0) is 36.8 Å². The standard InChI is InChI=1S/C14H19NO/c1-14(2)8-7-13-11(9-14)15-10-5-3-4-6-12(10)16-13/h3-6,11,13,15H,7-9H2,1-2H3. The lowest BCUT2D eigenvalue weighted by atomic mass is 9.73. The smallest absolute Gasteiger partial charge is 0.142 e. The Morgan fingerprint density at radius 1 is 1.31 bits per heavy atom. The van der Waals surface area contributed by atoms with E-state index in [1.807, 2.05) is 6.07 Å². The molecule has 0 saturated heterocycles. The largest absolute Gasteiger partial charge is 0.486 e. The monoisotopic (exact) mass is 217 g/mol. The number of ether oxygens (including phenoxy) is 1. The number of rotatable bonds is 0. The number of fused-ring (bicyclic) bond motifs is 2. The van der Waals surface area contributed by atoms with Crippen LogP contribution in [0.15, 0.2) is 24.3 Å². The van der Waals surface area contributed by atoms with E-state index in [0.717, 1.165) is 11.4 Å². The fourth-order valence-electron chi connectivity index (χ4n) is 2.90. The third-order valence-corrected chi connectivity index (χ3v) is 3.83. The minimum Gasteiger partial charge on any atom is -0.486 e. The Morgan fingerprint density at radius 3 is 3.00 bits per heavy atom. The van der Waals surface area contributed by atoms with Gasteiger partial charge in [0.05, 0.1) is 11.7 Å². The SMILES string of the molecule is CC1(C)CCC2Oc3ccccc3NC2C1. The van der Waals surface area contributed by atoms with Crippen molar-refractivity contribution in [2.24, 2.45) is 5.41 Å². The number of hydrogen-bond acceptors (Lipinski definition) is 2. The molecular formula is C14H19NO. The van der Waals surface area contributed by atoms with Gasteiger partial charge in [-0.1, -0.05) is 26.0 Å². The lowest BCUT2D eigenvalue weighted by molar-refractivity contribution is 0.0777. The van der Waals surface area contributed by atoms with Gasteiger partial charge in [-0.15, -0.1) is 0 Å². The van der Waals surface area contributed by atoms with Crippen LogP contribution in [-0.2, 0) is 0 Å². The highest BCUT2D eigenvalue weighted by Crippen LogP contribution is 2.42. The van der Waals surface area contributed by atoms with Crippen LogP contribution in [0, 0.1) is 5.41 Å². The Bertz CT molecular complexity index is 399. The molecular weight excluding hydrogens is 198 g/mol. The lowest BCUT2D eigenvalue weighted by Crippen LogP contribution is -2.47. The van der Waals surface area contributed by atoms with Gasteiger partial charge in [-0.2, -0.15) is 0 Å².